The maximum Gasteiger partial charge on any atom is 0.220 e. The Morgan fingerprint density at radius 1 is 0.586 bits per heavy atom. The molecule has 7 atom stereocenters. The molecule has 0 radical (unpaired) electrons. The molecule has 9 nitrogen and oxygen atoms in total. The van der Waals surface area contributed by atoms with E-state index in [4.69, 9.17) is 9.47 Å². The van der Waals surface area contributed by atoms with Crippen LogP contribution >= 0.6 is 0 Å². The number of carbonyl (C=O) groups is 1. The van der Waals surface area contributed by atoms with E-state index in [2.05, 4.69) is 67.8 Å². The first-order valence-electron chi connectivity index (χ1n) is 23.5. The Morgan fingerprint density at radius 3 is 1.50 bits per heavy atom. The molecular formula is C49H87NO8. The van der Waals surface area contributed by atoms with Gasteiger partial charge in [-0.2, -0.15) is 0 Å². The molecule has 9 heteroatoms. The average Bonchev–Trinajstić information content (AvgIpc) is 3.22. The fraction of sp³-hybridized carbons (Fsp3) is 0.776. The molecule has 0 spiro atoms. The van der Waals surface area contributed by atoms with Gasteiger partial charge < -0.3 is 40.3 Å². The number of aliphatic hydroxyl groups is 5. The van der Waals surface area contributed by atoms with Crippen molar-refractivity contribution < 1.29 is 39.8 Å². The van der Waals surface area contributed by atoms with Gasteiger partial charge in [-0.05, 0) is 57.8 Å². The summed E-state index contributed by atoms with van der Waals surface area (Å²) in [6, 6.07) is -0.834. The van der Waals surface area contributed by atoms with Crippen LogP contribution in [0.4, 0.5) is 0 Å². The second-order valence-electron chi connectivity index (χ2n) is 16.2. The second kappa shape index (κ2) is 39.1. The highest BCUT2D eigenvalue weighted by atomic mass is 16.7. The third kappa shape index (κ3) is 29.2. The smallest absolute Gasteiger partial charge is 0.220 e. The van der Waals surface area contributed by atoms with Crippen LogP contribution in [-0.2, 0) is 14.3 Å². The SMILES string of the molecule is CCCCCCCCC/C=C/C/C=C/C/C=C/C/C=C/CCCC(=O)N[C@@H](CO[C@H]1O[C@@H](CO)[C@H](O)C(O)C1O)[C@H](O)/C=C/CCCCCCCCCCCCCC. The number of ether oxygens (including phenoxy) is 2. The summed E-state index contributed by atoms with van der Waals surface area (Å²) in [5, 5.41) is 54.1. The first-order valence-corrected chi connectivity index (χ1v) is 23.5. The summed E-state index contributed by atoms with van der Waals surface area (Å²) >= 11 is 0. The summed E-state index contributed by atoms with van der Waals surface area (Å²) in [4.78, 5) is 12.9. The van der Waals surface area contributed by atoms with E-state index in [-0.39, 0.29) is 18.9 Å². The third-order valence-electron chi connectivity index (χ3n) is 10.8. The predicted molar refractivity (Wildman–Crippen MR) is 239 cm³/mol. The zero-order valence-electron chi connectivity index (χ0n) is 36.8. The lowest BCUT2D eigenvalue weighted by Gasteiger charge is -2.40. The van der Waals surface area contributed by atoms with E-state index in [1.165, 1.54) is 116 Å². The van der Waals surface area contributed by atoms with Crippen LogP contribution < -0.4 is 5.32 Å². The van der Waals surface area contributed by atoms with Crippen molar-refractivity contribution in [1.29, 1.82) is 0 Å². The molecule has 1 rings (SSSR count). The number of nitrogens with one attached hydrogen (secondary N) is 1. The molecule has 336 valence electrons. The molecule has 6 N–H and O–H groups in total. The van der Waals surface area contributed by atoms with Gasteiger partial charge in [-0.15, -0.1) is 0 Å². The summed E-state index contributed by atoms with van der Waals surface area (Å²) in [6.45, 7) is 3.72. The van der Waals surface area contributed by atoms with Gasteiger partial charge in [0.25, 0.3) is 0 Å². The molecular weight excluding hydrogens is 731 g/mol. The molecule has 2 unspecified atom stereocenters. The van der Waals surface area contributed by atoms with Crippen molar-refractivity contribution in [1.82, 2.24) is 5.32 Å². The number of hydrogen-bond donors (Lipinski definition) is 6. The van der Waals surface area contributed by atoms with E-state index in [0.717, 1.165) is 44.9 Å². The highest BCUT2D eigenvalue weighted by Gasteiger charge is 2.44. The molecule has 58 heavy (non-hydrogen) atoms. The fourth-order valence-corrected chi connectivity index (χ4v) is 7.03. The highest BCUT2D eigenvalue weighted by Crippen LogP contribution is 2.22. The molecule has 0 aromatic rings. The molecule has 1 heterocycles. The molecule has 0 aromatic carbocycles. The summed E-state index contributed by atoms with van der Waals surface area (Å²) < 4.78 is 11.2. The zero-order valence-corrected chi connectivity index (χ0v) is 36.8. The Labute approximate surface area is 354 Å². The van der Waals surface area contributed by atoms with Gasteiger partial charge in [0.2, 0.25) is 5.91 Å². The maximum absolute atomic E-state index is 12.9. The predicted octanol–water partition coefficient (Wildman–Crippen LogP) is 10.0. The quantitative estimate of drug-likeness (QED) is 0.0267. The summed E-state index contributed by atoms with van der Waals surface area (Å²) in [7, 11) is 0. The molecule has 1 amide bonds. The number of allylic oxidation sites excluding steroid dienone is 9. The number of hydrogen-bond acceptors (Lipinski definition) is 8. The van der Waals surface area contributed by atoms with Crippen molar-refractivity contribution >= 4 is 5.91 Å². The third-order valence-corrected chi connectivity index (χ3v) is 10.8. The summed E-state index contributed by atoms with van der Waals surface area (Å²) in [5.41, 5.74) is 0. The highest BCUT2D eigenvalue weighted by molar-refractivity contribution is 5.76. The van der Waals surface area contributed by atoms with Crippen molar-refractivity contribution in [2.24, 2.45) is 0 Å². The average molecular weight is 818 g/mol. The first kappa shape index (κ1) is 53.9. The van der Waals surface area contributed by atoms with Crippen molar-refractivity contribution in [3.05, 3.63) is 60.8 Å². The van der Waals surface area contributed by atoms with Crippen LogP contribution in [0.15, 0.2) is 60.8 Å². The van der Waals surface area contributed by atoms with Crippen LogP contribution in [0.3, 0.4) is 0 Å². The molecule has 1 saturated heterocycles. The van der Waals surface area contributed by atoms with Gasteiger partial charge in [0.15, 0.2) is 6.29 Å². The van der Waals surface area contributed by atoms with Crippen molar-refractivity contribution in [2.75, 3.05) is 13.2 Å². The molecule has 1 fully saturated rings. The standard InChI is InChI=1S/C49H87NO8/c1-3-5-7-9-11-13-15-17-19-20-21-22-23-24-25-27-29-31-33-35-37-39-45(53)50-42(41-57-49-48(56)47(55)46(54)44(40-51)58-49)43(52)38-36-34-32-30-28-26-18-16-14-12-10-8-6-4-2/h19-20,22-23,25,27,31,33,36,38,42-44,46-49,51-52,54-56H,3-18,21,24,26,28-30,32,34-35,37,39-41H2,1-2H3,(H,50,53)/b20-19+,23-22+,27-25+,33-31+,38-36+/t42-,43+,44-,46-,47?,48?,49-/m0/s1. The minimum atomic E-state index is -1.58. The molecule has 1 aliphatic heterocycles. The van der Waals surface area contributed by atoms with Gasteiger partial charge in [-0.3, -0.25) is 4.79 Å². The second-order valence-corrected chi connectivity index (χ2v) is 16.2. The van der Waals surface area contributed by atoms with Gasteiger partial charge in [-0.1, -0.05) is 184 Å². The minimum Gasteiger partial charge on any atom is -0.394 e. The molecule has 0 aliphatic carbocycles. The Morgan fingerprint density at radius 2 is 1.02 bits per heavy atom. The topological polar surface area (TPSA) is 149 Å². The van der Waals surface area contributed by atoms with Crippen LogP contribution in [0.25, 0.3) is 0 Å². The Hall–Kier alpha value is -2.11. The van der Waals surface area contributed by atoms with Crippen LogP contribution in [-0.4, -0.2) is 87.5 Å². The van der Waals surface area contributed by atoms with E-state index in [0.29, 0.717) is 6.42 Å². The van der Waals surface area contributed by atoms with Crippen LogP contribution in [0, 0.1) is 0 Å². The lowest BCUT2D eigenvalue weighted by molar-refractivity contribution is -0.302. The van der Waals surface area contributed by atoms with E-state index in [1.54, 1.807) is 6.08 Å². The van der Waals surface area contributed by atoms with Gasteiger partial charge >= 0.3 is 0 Å². The lowest BCUT2D eigenvalue weighted by atomic mass is 9.99. The first-order chi connectivity index (χ1) is 28.3. The van der Waals surface area contributed by atoms with Gasteiger partial charge in [-0.25, -0.2) is 0 Å². The van der Waals surface area contributed by atoms with Crippen molar-refractivity contribution in [2.45, 2.75) is 230 Å². The van der Waals surface area contributed by atoms with E-state index < -0.39 is 49.5 Å². The fourth-order valence-electron chi connectivity index (χ4n) is 7.03. The van der Waals surface area contributed by atoms with E-state index in [9.17, 15) is 30.3 Å². The van der Waals surface area contributed by atoms with Crippen molar-refractivity contribution in [3.8, 4) is 0 Å². The van der Waals surface area contributed by atoms with E-state index >= 15 is 0 Å². The number of unbranched alkanes of at least 4 members (excludes halogenated alkanes) is 20. The maximum atomic E-state index is 12.9. The Bertz CT molecular complexity index is 1090. The van der Waals surface area contributed by atoms with Crippen molar-refractivity contribution in [3.63, 3.8) is 0 Å². The molecule has 1 aliphatic rings. The Kier molecular flexibility index (Phi) is 36.3. The number of aliphatic hydroxyl groups excluding tert-OH is 5. The molecule has 0 bridgehead atoms. The van der Waals surface area contributed by atoms with Crippen LogP contribution in [0.2, 0.25) is 0 Å². The lowest BCUT2D eigenvalue weighted by Crippen LogP contribution is -2.60. The molecule has 0 aromatic heterocycles. The van der Waals surface area contributed by atoms with Crippen LogP contribution in [0.1, 0.15) is 187 Å². The zero-order chi connectivity index (χ0) is 42.3. The normalized spacial score (nSPS) is 21.4. The summed E-state index contributed by atoms with van der Waals surface area (Å²) in [6.07, 6.45) is 44.1. The number of amides is 1. The minimum absolute atomic E-state index is 0.212. The Balaban J connectivity index is 2.40. The number of rotatable bonds is 38. The van der Waals surface area contributed by atoms with Crippen LogP contribution in [0.5, 0.6) is 0 Å². The molecule has 0 saturated carbocycles. The van der Waals surface area contributed by atoms with Gasteiger partial charge in [0.05, 0.1) is 25.4 Å². The largest absolute Gasteiger partial charge is 0.394 e. The number of carbonyl (C=O) groups excluding carboxylic acids is 1. The van der Waals surface area contributed by atoms with Gasteiger partial charge in [0, 0.05) is 6.42 Å². The van der Waals surface area contributed by atoms with E-state index in [1.807, 2.05) is 6.08 Å². The summed E-state index contributed by atoms with van der Waals surface area (Å²) in [5.74, 6) is -0.233. The monoisotopic (exact) mass is 818 g/mol. The van der Waals surface area contributed by atoms with Gasteiger partial charge in [0.1, 0.15) is 24.4 Å².